The van der Waals surface area contributed by atoms with E-state index < -0.39 is 0 Å². The maximum Gasteiger partial charge on any atom is 0.262 e. The third kappa shape index (κ3) is 2.31. The predicted molar refractivity (Wildman–Crippen MR) is 75.8 cm³/mol. The van der Waals surface area contributed by atoms with E-state index in [-0.39, 0.29) is 5.56 Å². The lowest BCUT2D eigenvalue weighted by atomic mass is 10.2. The van der Waals surface area contributed by atoms with Crippen molar-refractivity contribution in [1.29, 1.82) is 0 Å². The molecular formula is C14H12N2OS. The highest BCUT2D eigenvalue weighted by Crippen LogP contribution is 2.17. The van der Waals surface area contributed by atoms with Crippen molar-refractivity contribution in [3.05, 3.63) is 47.3 Å². The summed E-state index contributed by atoms with van der Waals surface area (Å²) in [5.74, 6) is 3.02. The maximum absolute atomic E-state index is 12.3. The monoisotopic (exact) mass is 256 g/mol. The van der Waals surface area contributed by atoms with Gasteiger partial charge in [-0.05, 0) is 12.1 Å². The second-order valence-electron chi connectivity index (χ2n) is 3.61. The number of rotatable bonds is 4. The van der Waals surface area contributed by atoms with Gasteiger partial charge in [0.15, 0.2) is 5.16 Å². The molecule has 2 aromatic rings. The Morgan fingerprint density at radius 2 is 2.28 bits per heavy atom. The summed E-state index contributed by atoms with van der Waals surface area (Å²) in [6, 6.07) is 7.30. The molecule has 4 heteroatoms. The van der Waals surface area contributed by atoms with E-state index in [1.807, 2.05) is 18.2 Å². The number of allylic oxidation sites excluding steroid dienone is 1. The lowest BCUT2D eigenvalue weighted by molar-refractivity contribution is 0.672. The highest BCUT2D eigenvalue weighted by Gasteiger charge is 2.09. The van der Waals surface area contributed by atoms with Gasteiger partial charge in [0.05, 0.1) is 16.7 Å². The van der Waals surface area contributed by atoms with E-state index in [1.54, 1.807) is 16.7 Å². The van der Waals surface area contributed by atoms with Gasteiger partial charge >= 0.3 is 0 Å². The molecule has 0 unspecified atom stereocenters. The Bertz CT molecular complexity index is 682. The lowest BCUT2D eigenvalue weighted by Gasteiger charge is -2.10. The zero-order valence-electron chi connectivity index (χ0n) is 9.80. The summed E-state index contributed by atoms with van der Waals surface area (Å²) >= 11 is 1.38. The molecule has 18 heavy (non-hydrogen) atoms. The number of hydrogen-bond acceptors (Lipinski definition) is 3. The first kappa shape index (κ1) is 12.5. The molecule has 0 saturated heterocycles. The first-order valence-electron chi connectivity index (χ1n) is 5.44. The van der Waals surface area contributed by atoms with Gasteiger partial charge in [-0.15, -0.1) is 13.0 Å². The highest BCUT2D eigenvalue weighted by molar-refractivity contribution is 7.99. The standard InChI is InChI=1S/C14H12N2OS/c1-3-9-16-13(17)11-7-5-6-8-12(11)15-14(16)18-10-4-2/h2-3,5-8H,1,9-10H2. The van der Waals surface area contributed by atoms with E-state index in [9.17, 15) is 4.79 Å². The zero-order chi connectivity index (χ0) is 13.0. The number of thioether (sulfide) groups is 1. The van der Waals surface area contributed by atoms with Crippen molar-refractivity contribution in [1.82, 2.24) is 9.55 Å². The molecule has 0 N–H and O–H groups in total. The molecule has 0 bridgehead atoms. The van der Waals surface area contributed by atoms with Crippen molar-refractivity contribution in [3.8, 4) is 12.3 Å². The number of nitrogens with zero attached hydrogens (tertiary/aromatic N) is 2. The van der Waals surface area contributed by atoms with Crippen LogP contribution in [0.25, 0.3) is 10.9 Å². The molecule has 0 fully saturated rings. The van der Waals surface area contributed by atoms with Gasteiger partial charge < -0.3 is 0 Å². The molecule has 0 aliphatic carbocycles. The summed E-state index contributed by atoms with van der Waals surface area (Å²) in [7, 11) is 0. The fourth-order valence-electron chi connectivity index (χ4n) is 1.65. The van der Waals surface area contributed by atoms with Gasteiger partial charge in [0, 0.05) is 6.54 Å². The second kappa shape index (κ2) is 5.56. The average molecular weight is 256 g/mol. The van der Waals surface area contributed by atoms with E-state index in [2.05, 4.69) is 17.5 Å². The molecular weight excluding hydrogens is 244 g/mol. The third-order valence-corrected chi connectivity index (χ3v) is 3.30. The fraction of sp³-hybridized carbons (Fsp3) is 0.143. The molecule has 1 aromatic heterocycles. The minimum absolute atomic E-state index is 0.0555. The fourth-order valence-corrected chi connectivity index (χ4v) is 2.34. The number of aromatic nitrogens is 2. The minimum atomic E-state index is -0.0555. The SMILES string of the molecule is C#CCSc1nc2ccccc2c(=O)n1CC=C. The smallest absolute Gasteiger partial charge is 0.262 e. The van der Waals surface area contributed by atoms with Crippen LogP contribution in [-0.4, -0.2) is 15.3 Å². The molecule has 0 aliphatic rings. The molecule has 0 aliphatic heterocycles. The minimum Gasteiger partial charge on any atom is -0.283 e. The van der Waals surface area contributed by atoms with Gasteiger partial charge in [0.25, 0.3) is 5.56 Å². The Balaban J connectivity index is 2.67. The molecule has 0 saturated carbocycles. The number of benzene rings is 1. The van der Waals surface area contributed by atoms with Crippen molar-refractivity contribution in [2.24, 2.45) is 0 Å². The molecule has 0 radical (unpaired) electrons. The molecule has 0 atom stereocenters. The number of para-hydroxylation sites is 1. The molecule has 90 valence electrons. The van der Waals surface area contributed by atoms with Crippen LogP contribution in [0.2, 0.25) is 0 Å². The van der Waals surface area contributed by atoms with Gasteiger partial charge in [-0.2, -0.15) is 0 Å². The number of hydrogen-bond donors (Lipinski definition) is 0. The normalized spacial score (nSPS) is 10.2. The molecule has 1 aromatic carbocycles. The van der Waals surface area contributed by atoms with Gasteiger partial charge in [-0.25, -0.2) is 4.98 Å². The average Bonchev–Trinajstić information content (AvgIpc) is 2.40. The van der Waals surface area contributed by atoms with E-state index in [4.69, 9.17) is 6.42 Å². The topological polar surface area (TPSA) is 34.9 Å². The Labute approximate surface area is 110 Å². The van der Waals surface area contributed by atoms with Crippen molar-refractivity contribution in [2.45, 2.75) is 11.7 Å². The van der Waals surface area contributed by atoms with Crippen LogP contribution in [0.5, 0.6) is 0 Å². The van der Waals surface area contributed by atoms with Gasteiger partial charge in [0.1, 0.15) is 0 Å². The first-order valence-corrected chi connectivity index (χ1v) is 6.43. The van der Waals surface area contributed by atoms with Gasteiger partial charge in [0.2, 0.25) is 0 Å². The quantitative estimate of drug-likeness (QED) is 0.364. The highest BCUT2D eigenvalue weighted by atomic mass is 32.2. The van der Waals surface area contributed by atoms with Crippen molar-refractivity contribution in [2.75, 3.05) is 5.75 Å². The lowest BCUT2D eigenvalue weighted by Crippen LogP contribution is -2.22. The summed E-state index contributed by atoms with van der Waals surface area (Å²) in [5, 5.41) is 1.25. The van der Waals surface area contributed by atoms with Crippen LogP contribution in [0.1, 0.15) is 0 Å². The van der Waals surface area contributed by atoms with E-state index in [0.29, 0.717) is 28.4 Å². The summed E-state index contributed by atoms with van der Waals surface area (Å²) in [6.07, 6.45) is 6.92. The Kier molecular flexibility index (Phi) is 3.85. The molecule has 3 nitrogen and oxygen atoms in total. The van der Waals surface area contributed by atoms with Gasteiger partial charge in [-0.3, -0.25) is 9.36 Å². The maximum atomic E-state index is 12.3. The van der Waals surface area contributed by atoms with E-state index in [0.717, 1.165) is 0 Å². The number of terminal acetylenes is 1. The first-order chi connectivity index (χ1) is 8.77. The van der Waals surface area contributed by atoms with Crippen LogP contribution >= 0.6 is 11.8 Å². The summed E-state index contributed by atoms with van der Waals surface area (Å²) in [5.41, 5.74) is 0.641. The Hall–Kier alpha value is -1.99. The van der Waals surface area contributed by atoms with E-state index >= 15 is 0 Å². The van der Waals surface area contributed by atoms with Crippen LogP contribution in [-0.2, 0) is 6.54 Å². The Morgan fingerprint density at radius 1 is 1.50 bits per heavy atom. The van der Waals surface area contributed by atoms with Crippen molar-refractivity contribution >= 4 is 22.7 Å². The largest absolute Gasteiger partial charge is 0.283 e. The molecule has 1 heterocycles. The van der Waals surface area contributed by atoms with Crippen molar-refractivity contribution in [3.63, 3.8) is 0 Å². The van der Waals surface area contributed by atoms with Crippen molar-refractivity contribution < 1.29 is 0 Å². The third-order valence-electron chi connectivity index (χ3n) is 2.42. The summed E-state index contributed by atoms with van der Waals surface area (Å²) in [6.45, 7) is 4.10. The van der Waals surface area contributed by atoms with Crippen LogP contribution in [0, 0.1) is 12.3 Å². The van der Waals surface area contributed by atoms with Gasteiger partial charge in [-0.1, -0.05) is 35.9 Å². The van der Waals surface area contributed by atoms with Crippen LogP contribution < -0.4 is 5.56 Å². The van der Waals surface area contributed by atoms with E-state index in [1.165, 1.54) is 11.8 Å². The number of fused-ring (bicyclic) bond motifs is 1. The zero-order valence-corrected chi connectivity index (χ0v) is 10.6. The Morgan fingerprint density at radius 3 is 3.00 bits per heavy atom. The predicted octanol–water partition coefficient (Wildman–Crippen LogP) is 2.31. The molecule has 0 spiro atoms. The molecule has 2 rings (SSSR count). The summed E-state index contributed by atoms with van der Waals surface area (Å²) in [4.78, 5) is 16.8. The van der Waals surface area contributed by atoms with Crippen LogP contribution in [0.15, 0.2) is 46.9 Å². The second-order valence-corrected chi connectivity index (χ2v) is 4.55. The summed E-state index contributed by atoms with van der Waals surface area (Å²) < 4.78 is 1.59. The van der Waals surface area contributed by atoms with Crippen LogP contribution in [0.3, 0.4) is 0 Å². The molecule has 0 amide bonds. The van der Waals surface area contributed by atoms with Crippen LogP contribution in [0.4, 0.5) is 0 Å².